The van der Waals surface area contributed by atoms with Crippen molar-refractivity contribution >= 4 is 5.91 Å². The summed E-state index contributed by atoms with van der Waals surface area (Å²) >= 11 is 0. The fourth-order valence-electron chi connectivity index (χ4n) is 3.17. The number of carbonyl (C=O) groups excluding carboxylic acids is 1. The van der Waals surface area contributed by atoms with Crippen molar-refractivity contribution in [2.45, 2.75) is 37.8 Å². The van der Waals surface area contributed by atoms with Crippen LogP contribution in [0.15, 0.2) is 16.9 Å². The number of piperidine rings is 1. The first-order valence-electron chi connectivity index (χ1n) is 7.86. The second kappa shape index (κ2) is 6.58. The van der Waals surface area contributed by atoms with Crippen molar-refractivity contribution in [1.82, 2.24) is 20.0 Å². The van der Waals surface area contributed by atoms with Crippen molar-refractivity contribution in [3.63, 3.8) is 0 Å². The van der Waals surface area contributed by atoms with Crippen LogP contribution in [0.1, 0.15) is 25.0 Å². The van der Waals surface area contributed by atoms with Crippen LogP contribution in [-0.4, -0.2) is 69.3 Å². The maximum absolute atomic E-state index is 12.2. The third-order valence-corrected chi connectivity index (χ3v) is 4.56. The molecule has 3 heterocycles. The Morgan fingerprint density at radius 3 is 2.64 bits per heavy atom. The summed E-state index contributed by atoms with van der Waals surface area (Å²) in [5.41, 5.74) is 0.505. The van der Waals surface area contributed by atoms with E-state index in [0.717, 1.165) is 44.7 Å². The zero-order valence-electron chi connectivity index (χ0n) is 12.6. The number of aromatic nitrogens is 2. The Hall–Kier alpha value is -1.73. The number of nitrogens with zero attached hydrogens (tertiary/aromatic N) is 3. The lowest BCUT2D eigenvalue weighted by Crippen LogP contribution is -2.58. The highest BCUT2D eigenvalue weighted by molar-refractivity contribution is 5.76. The number of carbonyl (C=O) groups is 1. The molecule has 7 nitrogen and oxygen atoms in total. The predicted molar refractivity (Wildman–Crippen MR) is 80.4 cm³/mol. The van der Waals surface area contributed by atoms with Crippen LogP contribution in [0.4, 0.5) is 0 Å². The van der Waals surface area contributed by atoms with Gasteiger partial charge in [0.15, 0.2) is 0 Å². The van der Waals surface area contributed by atoms with Crippen molar-refractivity contribution < 1.29 is 9.90 Å². The summed E-state index contributed by atoms with van der Waals surface area (Å²) in [6, 6.07) is 3.60. The largest absolute Gasteiger partial charge is 0.390 e. The van der Waals surface area contributed by atoms with E-state index >= 15 is 0 Å². The molecule has 2 aliphatic rings. The average molecular weight is 306 g/mol. The number of amides is 1. The van der Waals surface area contributed by atoms with Gasteiger partial charge in [0.1, 0.15) is 0 Å². The minimum atomic E-state index is -0.228. The fourth-order valence-corrected chi connectivity index (χ4v) is 3.17. The van der Waals surface area contributed by atoms with E-state index in [1.54, 1.807) is 6.07 Å². The van der Waals surface area contributed by atoms with Crippen LogP contribution in [0.25, 0.3) is 0 Å². The molecule has 0 saturated carbocycles. The predicted octanol–water partition coefficient (Wildman–Crippen LogP) is -0.630. The highest BCUT2D eigenvalue weighted by Gasteiger charge is 2.33. The first-order chi connectivity index (χ1) is 10.6. The minimum absolute atomic E-state index is 0.148. The number of rotatable bonds is 4. The van der Waals surface area contributed by atoms with E-state index in [1.807, 2.05) is 4.90 Å². The first-order valence-corrected chi connectivity index (χ1v) is 7.86. The SMILES string of the molecule is O=C(CCc1ccc(=O)[nH]n1)N1CCC(N2CC(O)C2)CC1. The fraction of sp³-hybridized carbons (Fsp3) is 0.667. The number of hydrogen-bond donors (Lipinski definition) is 2. The quantitative estimate of drug-likeness (QED) is 0.773. The molecule has 0 atom stereocenters. The maximum atomic E-state index is 12.2. The van der Waals surface area contributed by atoms with Gasteiger partial charge >= 0.3 is 0 Å². The van der Waals surface area contributed by atoms with Crippen molar-refractivity contribution in [3.05, 3.63) is 28.2 Å². The second-order valence-corrected chi connectivity index (χ2v) is 6.13. The highest BCUT2D eigenvalue weighted by Crippen LogP contribution is 2.22. The average Bonchev–Trinajstić information content (AvgIpc) is 2.51. The normalized spacial score (nSPS) is 20.9. The summed E-state index contributed by atoms with van der Waals surface area (Å²) in [4.78, 5) is 27.4. The molecule has 1 aromatic heterocycles. The first kappa shape index (κ1) is 15.2. The topological polar surface area (TPSA) is 89.5 Å². The van der Waals surface area contributed by atoms with E-state index < -0.39 is 0 Å². The lowest BCUT2D eigenvalue weighted by molar-refractivity contribution is -0.133. The third-order valence-electron chi connectivity index (χ3n) is 4.56. The number of aryl methyl sites for hydroxylation is 1. The van der Waals surface area contributed by atoms with Crippen molar-refractivity contribution in [2.75, 3.05) is 26.2 Å². The van der Waals surface area contributed by atoms with Gasteiger partial charge < -0.3 is 10.0 Å². The lowest BCUT2D eigenvalue weighted by Gasteiger charge is -2.45. The molecule has 0 bridgehead atoms. The molecule has 0 aliphatic carbocycles. The van der Waals surface area contributed by atoms with Gasteiger partial charge in [-0.2, -0.15) is 5.10 Å². The molecule has 0 spiro atoms. The summed E-state index contributed by atoms with van der Waals surface area (Å²) in [6.45, 7) is 3.12. The number of aromatic amines is 1. The van der Waals surface area contributed by atoms with Crippen molar-refractivity contribution in [3.8, 4) is 0 Å². The Bertz CT molecular complexity index is 554. The van der Waals surface area contributed by atoms with E-state index in [9.17, 15) is 14.7 Å². The maximum Gasteiger partial charge on any atom is 0.264 e. The van der Waals surface area contributed by atoms with Crippen LogP contribution in [-0.2, 0) is 11.2 Å². The molecule has 0 radical (unpaired) electrons. The van der Waals surface area contributed by atoms with Crippen LogP contribution in [0.2, 0.25) is 0 Å². The number of H-pyrrole nitrogens is 1. The number of likely N-dealkylation sites (tertiary alicyclic amines) is 2. The molecule has 0 unspecified atom stereocenters. The number of β-amino-alcohol motifs (C(OH)–C–C–N with tert-alkyl or cyclic N) is 1. The number of aliphatic hydroxyl groups excluding tert-OH is 1. The Morgan fingerprint density at radius 1 is 1.32 bits per heavy atom. The van der Waals surface area contributed by atoms with Gasteiger partial charge in [-0.15, -0.1) is 0 Å². The minimum Gasteiger partial charge on any atom is -0.390 e. The van der Waals surface area contributed by atoms with Crippen LogP contribution in [0, 0.1) is 0 Å². The van der Waals surface area contributed by atoms with Gasteiger partial charge in [-0.05, 0) is 18.9 Å². The molecule has 0 aromatic carbocycles. The van der Waals surface area contributed by atoms with Gasteiger partial charge in [0, 0.05) is 51.1 Å². The summed E-state index contributed by atoms with van der Waals surface area (Å²) in [5, 5.41) is 15.6. The Morgan fingerprint density at radius 2 is 2.05 bits per heavy atom. The summed E-state index contributed by atoms with van der Waals surface area (Å²) < 4.78 is 0. The van der Waals surface area contributed by atoms with Crippen LogP contribution in [0.5, 0.6) is 0 Å². The van der Waals surface area contributed by atoms with Crippen LogP contribution in [0.3, 0.4) is 0 Å². The van der Waals surface area contributed by atoms with Gasteiger partial charge in [0.25, 0.3) is 5.56 Å². The van der Waals surface area contributed by atoms with E-state index in [1.165, 1.54) is 6.07 Å². The Kier molecular flexibility index (Phi) is 4.54. The van der Waals surface area contributed by atoms with Gasteiger partial charge in [-0.1, -0.05) is 0 Å². The lowest BCUT2D eigenvalue weighted by atomic mass is 9.98. The molecular weight excluding hydrogens is 284 g/mol. The number of hydrogen-bond acceptors (Lipinski definition) is 5. The third kappa shape index (κ3) is 3.53. The van der Waals surface area contributed by atoms with E-state index in [0.29, 0.717) is 18.9 Å². The molecule has 120 valence electrons. The summed E-state index contributed by atoms with van der Waals surface area (Å²) in [7, 11) is 0. The number of aliphatic hydroxyl groups is 1. The summed E-state index contributed by atoms with van der Waals surface area (Å²) in [6.07, 6.45) is 2.77. The molecule has 1 amide bonds. The standard InChI is InChI=1S/C15H22N4O3/c20-13-9-19(10-13)12-5-7-18(8-6-12)15(22)4-2-11-1-3-14(21)17-16-11/h1,3,12-13,20H,2,4-10H2,(H,17,21). The molecule has 2 aliphatic heterocycles. The number of nitrogens with one attached hydrogen (secondary N) is 1. The zero-order chi connectivity index (χ0) is 15.5. The monoisotopic (exact) mass is 306 g/mol. The van der Waals surface area contributed by atoms with Crippen molar-refractivity contribution in [2.24, 2.45) is 0 Å². The highest BCUT2D eigenvalue weighted by atomic mass is 16.3. The van der Waals surface area contributed by atoms with Gasteiger partial charge in [-0.25, -0.2) is 5.10 Å². The molecule has 7 heteroatoms. The smallest absolute Gasteiger partial charge is 0.264 e. The van der Waals surface area contributed by atoms with Crippen molar-refractivity contribution in [1.29, 1.82) is 0 Å². The molecule has 3 rings (SSSR count). The van der Waals surface area contributed by atoms with Gasteiger partial charge in [-0.3, -0.25) is 14.5 Å². The second-order valence-electron chi connectivity index (χ2n) is 6.13. The Labute approximate surface area is 128 Å². The molecule has 1 aromatic rings. The van der Waals surface area contributed by atoms with E-state index in [2.05, 4.69) is 15.1 Å². The van der Waals surface area contributed by atoms with E-state index in [-0.39, 0.29) is 17.6 Å². The Balaban J connectivity index is 1.42. The molecule has 2 N–H and O–H groups in total. The molecular formula is C15H22N4O3. The van der Waals surface area contributed by atoms with E-state index in [4.69, 9.17) is 0 Å². The van der Waals surface area contributed by atoms with Crippen LogP contribution < -0.4 is 5.56 Å². The summed E-state index contributed by atoms with van der Waals surface area (Å²) in [5.74, 6) is 0.148. The molecule has 2 saturated heterocycles. The van der Waals surface area contributed by atoms with Gasteiger partial charge in [0.05, 0.1) is 11.8 Å². The zero-order valence-corrected chi connectivity index (χ0v) is 12.6. The van der Waals surface area contributed by atoms with Crippen LogP contribution >= 0.6 is 0 Å². The molecule has 22 heavy (non-hydrogen) atoms. The van der Waals surface area contributed by atoms with Gasteiger partial charge in [0.2, 0.25) is 5.91 Å². The molecule has 2 fully saturated rings.